The Morgan fingerprint density at radius 2 is 1.58 bits per heavy atom. The van der Waals surface area contributed by atoms with E-state index < -0.39 is 0 Å². The minimum absolute atomic E-state index is 0.181. The first-order valence-corrected chi connectivity index (χ1v) is 11.1. The van der Waals surface area contributed by atoms with E-state index in [9.17, 15) is 5.11 Å². The summed E-state index contributed by atoms with van der Waals surface area (Å²) in [4.78, 5) is 4.71. The monoisotopic (exact) mass is 437 g/mol. The molecule has 5 nitrogen and oxygen atoms in total. The summed E-state index contributed by atoms with van der Waals surface area (Å²) in [7, 11) is 1.65. The Balaban J connectivity index is 1.86. The molecular weight excluding hydrogens is 406 g/mol. The largest absolute Gasteiger partial charge is 0.507 e. The Hall–Kier alpha value is -2.86. The number of phenols is 1. The highest BCUT2D eigenvalue weighted by Crippen LogP contribution is 2.42. The molecule has 2 N–H and O–H groups in total. The van der Waals surface area contributed by atoms with Gasteiger partial charge in [0.05, 0.1) is 19.0 Å². The zero-order valence-corrected chi connectivity index (χ0v) is 20.1. The van der Waals surface area contributed by atoms with E-state index in [1.165, 1.54) is 11.3 Å². The van der Waals surface area contributed by atoms with Gasteiger partial charge in [0.1, 0.15) is 11.5 Å². The third-order valence-electron chi connectivity index (χ3n) is 5.02. The summed E-state index contributed by atoms with van der Waals surface area (Å²) >= 11 is 1.50. The molecule has 0 atom stereocenters. The molecule has 2 aromatic carbocycles. The van der Waals surface area contributed by atoms with E-state index in [-0.39, 0.29) is 10.8 Å². The lowest BCUT2D eigenvalue weighted by atomic mass is 9.78. The van der Waals surface area contributed by atoms with Crippen molar-refractivity contribution in [3.8, 4) is 22.8 Å². The number of aromatic hydroxyl groups is 1. The Bertz CT molecular complexity index is 1040. The van der Waals surface area contributed by atoms with Crippen LogP contribution in [-0.2, 0) is 10.8 Å². The van der Waals surface area contributed by atoms with Crippen LogP contribution in [0.1, 0.15) is 58.2 Å². The van der Waals surface area contributed by atoms with Crippen molar-refractivity contribution < 1.29 is 9.84 Å². The summed E-state index contributed by atoms with van der Waals surface area (Å²) in [5.41, 5.74) is 7.33. The molecule has 0 amide bonds. The quantitative estimate of drug-likeness (QED) is 0.350. The Kier molecular flexibility index (Phi) is 6.41. The fourth-order valence-electron chi connectivity index (χ4n) is 3.24. The van der Waals surface area contributed by atoms with Crippen LogP contribution in [0.5, 0.6) is 11.5 Å². The first kappa shape index (κ1) is 22.8. The van der Waals surface area contributed by atoms with E-state index in [0.29, 0.717) is 10.9 Å². The maximum absolute atomic E-state index is 10.9. The zero-order chi connectivity index (χ0) is 22.8. The normalized spacial score (nSPS) is 12.4. The SMILES string of the molecule is COc1ccc(/C=N/Nc2nc(-c3cc(C(C)(C)C)c(O)c(C(C)(C)C)c3)cs2)cc1. The first-order chi connectivity index (χ1) is 14.5. The van der Waals surface area contributed by atoms with E-state index >= 15 is 0 Å². The fraction of sp³-hybridized carbons (Fsp3) is 0.360. The minimum Gasteiger partial charge on any atom is -0.507 e. The van der Waals surface area contributed by atoms with Gasteiger partial charge in [-0.3, -0.25) is 5.43 Å². The van der Waals surface area contributed by atoms with Gasteiger partial charge in [-0.1, -0.05) is 41.5 Å². The number of nitrogens with one attached hydrogen (secondary N) is 1. The number of anilines is 1. The second-order valence-corrected chi connectivity index (χ2v) is 10.5. The standard InChI is InChI=1S/C25H31N3O2S/c1-24(2,3)19-12-17(13-20(22(19)29)25(4,5)6)21-15-31-23(27-21)28-26-14-16-8-10-18(30-7)11-9-16/h8-15,29H,1-7H3,(H,27,28)/b26-14+. The molecule has 0 aliphatic rings. The molecule has 0 saturated carbocycles. The van der Waals surface area contributed by atoms with Crippen molar-refractivity contribution in [1.82, 2.24) is 4.98 Å². The molecule has 0 aliphatic carbocycles. The van der Waals surface area contributed by atoms with Crippen molar-refractivity contribution in [2.75, 3.05) is 12.5 Å². The van der Waals surface area contributed by atoms with Crippen molar-refractivity contribution >= 4 is 22.7 Å². The minimum atomic E-state index is -0.181. The number of hydrogen-bond acceptors (Lipinski definition) is 6. The molecule has 0 aliphatic heterocycles. The van der Waals surface area contributed by atoms with Gasteiger partial charge in [-0.25, -0.2) is 4.98 Å². The van der Waals surface area contributed by atoms with E-state index in [2.05, 4.69) is 52.1 Å². The molecule has 0 radical (unpaired) electrons. The highest BCUT2D eigenvalue weighted by molar-refractivity contribution is 7.14. The van der Waals surface area contributed by atoms with Gasteiger partial charge in [-0.05, 0) is 52.8 Å². The van der Waals surface area contributed by atoms with Gasteiger partial charge in [0.15, 0.2) is 0 Å². The maximum atomic E-state index is 10.9. The summed E-state index contributed by atoms with van der Waals surface area (Å²) in [5, 5.41) is 18.0. The number of ether oxygens (including phenoxy) is 1. The molecular formula is C25H31N3O2S. The van der Waals surface area contributed by atoms with Crippen LogP contribution in [0.15, 0.2) is 46.9 Å². The van der Waals surface area contributed by atoms with Crippen LogP contribution in [0.4, 0.5) is 5.13 Å². The molecule has 164 valence electrons. The predicted octanol–water partition coefficient (Wildman–Crippen LogP) is 6.57. The zero-order valence-electron chi connectivity index (χ0n) is 19.3. The van der Waals surface area contributed by atoms with Crippen molar-refractivity contribution in [3.63, 3.8) is 0 Å². The fourth-order valence-corrected chi connectivity index (χ4v) is 3.90. The van der Waals surface area contributed by atoms with E-state index in [1.807, 2.05) is 41.8 Å². The predicted molar refractivity (Wildman–Crippen MR) is 131 cm³/mol. The molecule has 0 spiro atoms. The third-order valence-corrected chi connectivity index (χ3v) is 5.76. The first-order valence-electron chi connectivity index (χ1n) is 10.3. The summed E-state index contributed by atoms with van der Waals surface area (Å²) in [6, 6.07) is 11.8. The number of aromatic nitrogens is 1. The molecule has 1 heterocycles. The van der Waals surface area contributed by atoms with Gasteiger partial charge in [-0.15, -0.1) is 11.3 Å². The highest BCUT2D eigenvalue weighted by atomic mass is 32.1. The second-order valence-electron chi connectivity index (χ2n) is 9.60. The number of benzene rings is 2. The van der Waals surface area contributed by atoms with Gasteiger partial charge >= 0.3 is 0 Å². The molecule has 0 bridgehead atoms. The second kappa shape index (κ2) is 8.71. The maximum Gasteiger partial charge on any atom is 0.203 e. The lowest BCUT2D eigenvalue weighted by molar-refractivity contribution is 0.415. The molecule has 3 rings (SSSR count). The number of methoxy groups -OCH3 is 1. The van der Waals surface area contributed by atoms with E-state index in [1.54, 1.807) is 13.3 Å². The summed E-state index contributed by atoms with van der Waals surface area (Å²) in [6.45, 7) is 12.7. The molecule has 1 aromatic heterocycles. The number of hydrazone groups is 1. The summed E-state index contributed by atoms with van der Waals surface area (Å²) in [5.74, 6) is 1.19. The van der Waals surface area contributed by atoms with Gasteiger partial charge in [0.2, 0.25) is 5.13 Å². The van der Waals surface area contributed by atoms with Gasteiger partial charge in [-0.2, -0.15) is 5.10 Å². The number of nitrogens with zero attached hydrogens (tertiary/aromatic N) is 2. The van der Waals surface area contributed by atoms with Gasteiger partial charge < -0.3 is 9.84 Å². The van der Waals surface area contributed by atoms with E-state index in [0.717, 1.165) is 33.7 Å². The van der Waals surface area contributed by atoms with Crippen molar-refractivity contribution in [2.24, 2.45) is 5.10 Å². The van der Waals surface area contributed by atoms with Gasteiger partial charge in [0.25, 0.3) is 0 Å². The average molecular weight is 438 g/mol. The molecule has 31 heavy (non-hydrogen) atoms. The van der Waals surface area contributed by atoms with Crippen LogP contribution < -0.4 is 10.2 Å². The van der Waals surface area contributed by atoms with Crippen molar-refractivity contribution in [2.45, 2.75) is 52.4 Å². The van der Waals surface area contributed by atoms with E-state index in [4.69, 9.17) is 9.72 Å². The van der Waals surface area contributed by atoms with Crippen LogP contribution in [0.3, 0.4) is 0 Å². The van der Waals surface area contributed by atoms with Crippen LogP contribution in [0.2, 0.25) is 0 Å². The lowest BCUT2D eigenvalue weighted by Gasteiger charge is -2.28. The highest BCUT2D eigenvalue weighted by Gasteiger charge is 2.27. The summed E-state index contributed by atoms with van der Waals surface area (Å²) < 4.78 is 5.17. The lowest BCUT2D eigenvalue weighted by Crippen LogP contribution is -2.17. The van der Waals surface area contributed by atoms with Gasteiger partial charge in [0, 0.05) is 22.1 Å². The number of thiazole rings is 1. The summed E-state index contributed by atoms with van der Waals surface area (Å²) in [6.07, 6.45) is 1.75. The molecule has 0 saturated heterocycles. The smallest absolute Gasteiger partial charge is 0.203 e. The molecule has 6 heteroatoms. The molecule has 0 unspecified atom stereocenters. The van der Waals surface area contributed by atoms with Crippen LogP contribution >= 0.6 is 11.3 Å². The Morgan fingerprint density at radius 3 is 2.10 bits per heavy atom. The Morgan fingerprint density at radius 1 is 1.00 bits per heavy atom. The van der Waals surface area contributed by atoms with Crippen molar-refractivity contribution in [3.05, 3.63) is 58.5 Å². The number of hydrogen-bond donors (Lipinski definition) is 2. The van der Waals surface area contributed by atoms with Crippen LogP contribution in [-0.4, -0.2) is 23.4 Å². The number of rotatable bonds is 5. The topological polar surface area (TPSA) is 66.7 Å². The average Bonchev–Trinajstić information content (AvgIpc) is 3.16. The molecule has 0 fully saturated rings. The third kappa shape index (κ3) is 5.44. The Labute approximate surface area is 188 Å². The van der Waals surface area contributed by atoms with Crippen molar-refractivity contribution in [1.29, 1.82) is 0 Å². The molecule has 3 aromatic rings. The van der Waals surface area contributed by atoms with Crippen LogP contribution in [0.25, 0.3) is 11.3 Å². The number of phenolic OH excluding ortho intramolecular Hbond substituents is 1. The van der Waals surface area contributed by atoms with Crippen LogP contribution in [0, 0.1) is 0 Å².